The summed E-state index contributed by atoms with van der Waals surface area (Å²) in [7, 11) is 0. The Morgan fingerprint density at radius 3 is 2.71 bits per heavy atom. The first kappa shape index (κ1) is 20.1. The zero-order valence-corrected chi connectivity index (χ0v) is 17.2. The number of rotatable bonds is 9. The van der Waals surface area contributed by atoms with E-state index in [-0.39, 0.29) is 23.9 Å². The molecule has 8 heteroatoms. The van der Waals surface area contributed by atoms with Crippen molar-refractivity contribution in [3.05, 3.63) is 41.3 Å². The molecule has 2 aromatic heterocycles. The number of Topliss-reactive ketones (excluding diaryl/α,β-unsaturated/α-hetero) is 1. The fraction of sp³-hybridized carbons (Fsp3) is 0.400. The molecular formula is C20H25N5O2S. The number of carbonyl (C=O) groups excluding carboxylic acids is 2. The molecule has 0 spiro atoms. The third-order valence-electron chi connectivity index (χ3n) is 4.44. The summed E-state index contributed by atoms with van der Waals surface area (Å²) >= 11 is 1.38. The van der Waals surface area contributed by atoms with Crippen LogP contribution in [0.15, 0.2) is 29.4 Å². The molecule has 148 valence electrons. The number of nitrogens with two attached hydrogens (primary N) is 1. The van der Waals surface area contributed by atoms with E-state index in [0.717, 1.165) is 34.5 Å². The summed E-state index contributed by atoms with van der Waals surface area (Å²) in [6.07, 6.45) is 0.680. The van der Waals surface area contributed by atoms with Crippen LogP contribution in [-0.2, 0) is 17.8 Å². The molecule has 1 amide bonds. The lowest BCUT2D eigenvalue weighted by Gasteiger charge is -2.12. The normalized spacial score (nSPS) is 11.4. The van der Waals surface area contributed by atoms with Crippen molar-refractivity contribution in [1.29, 1.82) is 0 Å². The van der Waals surface area contributed by atoms with Gasteiger partial charge in [0.15, 0.2) is 10.9 Å². The fourth-order valence-electron chi connectivity index (χ4n) is 3.23. The first-order valence-corrected chi connectivity index (χ1v) is 10.3. The van der Waals surface area contributed by atoms with E-state index in [1.54, 1.807) is 0 Å². The first-order chi connectivity index (χ1) is 13.4. The first-order valence-electron chi connectivity index (χ1n) is 9.30. The van der Waals surface area contributed by atoms with E-state index in [9.17, 15) is 9.59 Å². The molecule has 7 nitrogen and oxygen atoms in total. The predicted octanol–water partition coefficient (Wildman–Crippen LogP) is 3.12. The largest absolute Gasteiger partial charge is 0.370 e. The highest BCUT2D eigenvalue weighted by Gasteiger charge is 2.19. The Morgan fingerprint density at radius 1 is 1.25 bits per heavy atom. The number of nitrogens with one attached hydrogen (secondary N) is 1. The number of H-pyrrole nitrogens is 1. The maximum atomic E-state index is 12.9. The number of aromatic nitrogens is 4. The highest BCUT2D eigenvalue weighted by atomic mass is 32.2. The molecule has 28 heavy (non-hydrogen) atoms. The molecule has 0 saturated heterocycles. The van der Waals surface area contributed by atoms with Gasteiger partial charge in [-0.1, -0.05) is 43.8 Å². The Bertz CT molecular complexity index is 1010. The zero-order chi connectivity index (χ0) is 20.3. The number of ketones is 1. The fourth-order valence-corrected chi connectivity index (χ4v) is 4.07. The summed E-state index contributed by atoms with van der Waals surface area (Å²) in [6.45, 7) is 6.85. The quantitative estimate of drug-likeness (QED) is 0.425. The third kappa shape index (κ3) is 4.44. The van der Waals surface area contributed by atoms with Crippen LogP contribution in [0.2, 0.25) is 0 Å². The summed E-state index contributed by atoms with van der Waals surface area (Å²) in [4.78, 5) is 27.3. The second kappa shape index (κ2) is 8.60. The van der Waals surface area contributed by atoms with E-state index in [2.05, 4.69) is 29.0 Å². The minimum Gasteiger partial charge on any atom is -0.370 e. The van der Waals surface area contributed by atoms with Crippen molar-refractivity contribution in [2.75, 3.05) is 5.75 Å². The third-order valence-corrected chi connectivity index (χ3v) is 5.41. The number of hydrogen-bond acceptors (Lipinski definition) is 5. The van der Waals surface area contributed by atoms with Gasteiger partial charge in [0, 0.05) is 41.5 Å². The van der Waals surface area contributed by atoms with Crippen molar-refractivity contribution in [2.45, 2.75) is 45.3 Å². The number of nitrogens with zero attached hydrogens (tertiary/aromatic N) is 3. The van der Waals surface area contributed by atoms with Gasteiger partial charge < -0.3 is 15.3 Å². The smallest absolute Gasteiger partial charge is 0.217 e. The molecule has 0 bridgehead atoms. The molecule has 3 rings (SSSR count). The molecule has 3 aromatic rings. The van der Waals surface area contributed by atoms with Crippen molar-refractivity contribution in [2.24, 2.45) is 11.7 Å². The molecular weight excluding hydrogens is 374 g/mol. The van der Waals surface area contributed by atoms with Gasteiger partial charge in [0.25, 0.3) is 0 Å². The zero-order valence-electron chi connectivity index (χ0n) is 16.4. The number of aryl methyl sites for hydroxylation is 2. The molecule has 0 aliphatic heterocycles. The van der Waals surface area contributed by atoms with E-state index in [4.69, 9.17) is 5.73 Å². The maximum absolute atomic E-state index is 12.9. The van der Waals surface area contributed by atoms with Crippen molar-refractivity contribution in [3.63, 3.8) is 0 Å². The highest BCUT2D eigenvalue weighted by molar-refractivity contribution is 7.99. The molecule has 1 aromatic carbocycles. The van der Waals surface area contributed by atoms with Gasteiger partial charge in [-0.2, -0.15) is 0 Å². The van der Waals surface area contributed by atoms with Crippen LogP contribution in [-0.4, -0.2) is 37.2 Å². The summed E-state index contributed by atoms with van der Waals surface area (Å²) in [5.74, 6) is 1.07. The summed E-state index contributed by atoms with van der Waals surface area (Å²) in [6, 6.07) is 7.81. The average molecular weight is 400 g/mol. The standard InChI is InChI=1S/C20H25N5O2S/c1-12(2)10-25-18(9-8-17(21)27)23-24-20(25)28-11-16(26)19-13(3)22-15-7-5-4-6-14(15)19/h4-7,12,22H,8-11H2,1-3H3,(H2,21,27). The van der Waals surface area contributed by atoms with Crippen molar-refractivity contribution < 1.29 is 9.59 Å². The average Bonchev–Trinajstić information content (AvgIpc) is 3.17. The van der Waals surface area contributed by atoms with Crippen molar-refractivity contribution >= 4 is 34.4 Å². The van der Waals surface area contributed by atoms with Crippen LogP contribution < -0.4 is 5.73 Å². The molecule has 0 fully saturated rings. The number of hydrogen-bond donors (Lipinski definition) is 2. The SMILES string of the molecule is Cc1[nH]c2ccccc2c1C(=O)CSc1nnc(CCC(N)=O)n1CC(C)C. The molecule has 0 aliphatic rings. The molecule has 0 radical (unpaired) electrons. The minimum absolute atomic E-state index is 0.0535. The number of amides is 1. The lowest BCUT2D eigenvalue weighted by molar-refractivity contribution is -0.118. The van der Waals surface area contributed by atoms with Gasteiger partial charge in [-0.05, 0) is 18.9 Å². The van der Waals surface area contributed by atoms with E-state index in [0.29, 0.717) is 17.5 Å². The Kier molecular flexibility index (Phi) is 6.18. The maximum Gasteiger partial charge on any atom is 0.217 e. The second-order valence-corrected chi connectivity index (χ2v) is 8.19. The summed E-state index contributed by atoms with van der Waals surface area (Å²) < 4.78 is 1.99. The lowest BCUT2D eigenvalue weighted by Crippen LogP contribution is -2.15. The van der Waals surface area contributed by atoms with Gasteiger partial charge in [0.1, 0.15) is 5.82 Å². The van der Waals surface area contributed by atoms with Crippen LogP contribution in [0, 0.1) is 12.8 Å². The van der Waals surface area contributed by atoms with E-state index in [1.165, 1.54) is 11.8 Å². The number of aromatic amines is 1. The molecule has 0 unspecified atom stereocenters. The van der Waals surface area contributed by atoms with Crippen molar-refractivity contribution in [3.8, 4) is 0 Å². The molecule has 2 heterocycles. The number of benzene rings is 1. The molecule has 3 N–H and O–H groups in total. The van der Waals surface area contributed by atoms with Gasteiger partial charge in [-0.15, -0.1) is 10.2 Å². The van der Waals surface area contributed by atoms with Gasteiger partial charge in [-0.25, -0.2) is 0 Å². The van der Waals surface area contributed by atoms with Crippen LogP contribution in [0.25, 0.3) is 10.9 Å². The van der Waals surface area contributed by atoms with E-state index >= 15 is 0 Å². The van der Waals surface area contributed by atoms with Gasteiger partial charge in [0.2, 0.25) is 5.91 Å². The number of para-hydroxylation sites is 1. The molecule has 0 atom stereocenters. The van der Waals surface area contributed by atoms with Crippen LogP contribution in [0.1, 0.15) is 42.1 Å². The van der Waals surface area contributed by atoms with Crippen LogP contribution >= 0.6 is 11.8 Å². The van der Waals surface area contributed by atoms with Crippen LogP contribution in [0.3, 0.4) is 0 Å². The van der Waals surface area contributed by atoms with Gasteiger partial charge in [0.05, 0.1) is 5.75 Å². The van der Waals surface area contributed by atoms with Crippen molar-refractivity contribution in [1.82, 2.24) is 19.7 Å². The second-order valence-electron chi connectivity index (χ2n) is 7.25. The Hall–Kier alpha value is -2.61. The topological polar surface area (TPSA) is 107 Å². The van der Waals surface area contributed by atoms with E-state index in [1.807, 2.05) is 35.8 Å². The highest BCUT2D eigenvalue weighted by Crippen LogP contribution is 2.26. The van der Waals surface area contributed by atoms with Gasteiger partial charge >= 0.3 is 0 Å². The number of fused-ring (bicyclic) bond motifs is 1. The number of thioether (sulfide) groups is 1. The minimum atomic E-state index is -0.363. The monoisotopic (exact) mass is 399 g/mol. The number of carbonyl (C=O) groups is 2. The Balaban J connectivity index is 1.78. The molecule has 0 saturated carbocycles. The van der Waals surface area contributed by atoms with Gasteiger partial charge in [-0.3, -0.25) is 9.59 Å². The predicted molar refractivity (Wildman–Crippen MR) is 110 cm³/mol. The van der Waals surface area contributed by atoms with Crippen LogP contribution in [0.5, 0.6) is 0 Å². The van der Waals surface area contributed by atoms with E-state index < -0.39 is 0 Å². The lowest BCUT2D eigenvalue weighted by atomic mass is 10.1. The summed E-state index contributed by atoms with van der Waals surface area (Å²) in [5.41, 5.74) is 7.83. The number of primary amides is 1. The van der Waals surface area contributed by atoms with Crippen LogP contribution in [0.4, 0.5) is 0 Å². The molecule has 0 aliphatic carbocycles. The Morgan fingerprint density at radius 2 is 2.00 bits per heavy atom. The summed E-state index contributed by atoms with van der Waals surface area (Å²) in [5, 5.41) is 10.1. The Labute approximate surface area is 168 Å².